The average molecular weight is 138 g/mol. The van der Waals surface area contributed by atoms with E-state index in [9.17, 15) is 4.79 Å². The molecule has 54 valence electrons. The standard InChI is InChI=1S/C7H10N2O/c1-6(10)9-7-3-2-4-8-5-7/h4-5H,2-3H2,1H3,(H,9,10). The Bertz CT molecular complexity index is 194. The van der Waals surface area contributed by atoms with Gasteiger partial charge < -0.3 is 5.32 Å². The van der Waals surface area contributed by atoms with Crippen LogP contribution in [-0.4, -0.2) is 12.1 Å². The van der Waals surface area contributed by atoms with Gasteiger partial charge in [0.2, 0.25) is 5.91 Å². The molecular weight excluding hydrogens is 128 g/mol. The number of aliphatic imine (C=N–C) groups is 1. The summed E-state index contributed by atoms with van der Waals surface area (Å²) >= 11 is 0. The Hall–Kier alpha value is -1.12. The van der Waals surface area contributed by atoms with Gasteiger partial charge in [0.25, 0.3) is 0 Å². The number of carbonyl (C=O) groups is 1. The summed E-state index contributed by atoms with van der Waals surface area (Å²) in [5.41, 5.74) is 0.912. The van der Waals surface area contributed by atoms with E-state index in [-0.39, 0.29) is 5.91 Å². The third-order valence-electron chi connectivity index (χ3n) is 1.22. The fourth-order valence-corrected chi connectivity index (χ4v) is 0.823. The highest BCUT2D eigenvalue weighted by molar-refractivity contribution is 5.75. The van der Waals surface area contributed by atoms with Crippen LogP contribution < -0.4 is 5.32 Å². The van der Waals surface area contributed by atoms with Crippen LogP contribution in [0.15, 0.2) is 16.9 Å². The summed E-state index contributed by atoms with van der Waals surface area (Å²) in [4.78, 5) is 14.4. The molecule has 0 bridgehead atoms. The molecule has 1 aliphatic heterocycles. The van der Waals surface area contributed by atoms with Crippen LogP contribution in [0.5, 0.6) is 0 Å². The zero-order valence-electron chi connectivity index (χ0n) is 5.92. The first-order chi connectivity index (χ1) is 4.79. The van der Waals surface area contributed by atoms with E-state index in [0.29, 0.717) is 0 Å². The lowest BCUT2D eigenvalue weighted by molar-refractivity contribution is -0.118. The summed E-state index contributed by atoms with van der Waals surface area (Å²) in [7, 11) is 0. The molecule has 0 aromatic rings. The lowest BCUT2D eigenvalue weighted by atomic mass is 10.2. The van der Waals surface area contributed by atoms with Gasteiger partial charge in [-0.05, 0) is 12.8 Å². The Morgan fingerprint density at radius 1 is 1.80 bits per heavy atom. The highest BCUT2D eigenvalue weighted by Crippen LogP contribution is 2.04. The van der Waals surface area contributed by atoms with Gasteiger partial charge in [-0.3, -0.25) is 9.79 Å². The van der Waals surface area contributed by atoms with E-state index in [1.807, 2.05) is 6.21 Å². The normalized spacial score (nSPS) is 16.3. The SMILES string of the molecule is CC(=O)NC1=CN=CCC1. The molecule has 0 unspecified atom stereocenters. The van der Waals surface area contributed by atoms with Crippen molar-refractivity contribution in [1.82, 2.24) is 5.32 Å². The maximum atomic E-state index is 10.5. The van der Waals surface area contributed by atoms with Crippen molar-refractivity contribution in [2.75, 3.05) is 0 Å². The number of nitrogens with zero attached hydrogens (tertiary/aromatic N) is 1. The smallest absolute Gasteiger partial charge is 0.221 e. The number of rotatable bonds is 1. The molecular formula is C7H10N2O. The third-order valence-corrected chi connectivity index (χ3v) is 1.22. The molecule has 0 atom stereocenters. The Balaban J connectivity index is 2.47. The number of carbonyl (C=O) groups excluding carboxylic acids is 1. The van der Waals surface area contributed by atoms with E-state index >= 15 is 0 Å². The molecule has 3 nitrogen and oxygen atoms in total. The van der Waals surface area contributed by atoms with E-state index in [1.54, 1.807) is 6.20 Å². The number of hydrogen-bond donors (Lipinski definition) is 1. The molecule has 1 rings (SSSR count). The van der Waals surface area contributed by atoms with E-state index in [4.69, 9.17) is 0 Å². The van der Waals surface area contributed by atoms with Crippen molar-refractivity contribution in [2.24, 2.45) is 4.99 Å². The predicted molar refractivity (Wildman–Crippen MR) is 39.6 cm³/mol. The number of amides is 1. The topological polar surface area (TPSA) is 41.5 Å². The quantitative estimate of drug-likeness (QED) is 0.572. The van der Waals surface area contributed by atoms with Crippen LogP contribution >= 0.6 is 0 Å². The van der Waals surface area contributed by atoms with Crippen molar-refractivity contribution in [3.8, 4) is 0 Å². The van der Waals surface area contributed by atoms with Crippen molar-refractivity contribution in [2.45, 2.75) is 19.8 Å². The minimum absolute atomic E-state index is 0.0247. The lowest BCUT2D eigenvalue weighted by Crippen LogP contribution is -2.19. The molecule has 0 spiro atoms. The third kappa shape index (κ3) is 2.01. The Labute approximate surface area is 59.8 Å². The van der Waals surface area contributed by atoms with E-state index in [0.717, 1.165) is 18.5 Å². The molecule has 1 amide bonds. The first-order valence-electron chi connectivity index (χ1n) is 3.27. The van der Waals surface area contributed by atoms with Gasteiger partial charge in [-0.15, -0.1) is 0 Å². The lowest BCUT2D eigenvalue weighted by Gasteiger charge is -2.07. The average Bonchev–Trinajstić information content (AvgIpc) is 1.88. The predicted octanol–water partition coefficient (Wildman–Crippen LogP) is 0.829. The summed E-state index contributed by atoms with van der Waals surface area (Å²) in [6.07, 6.45) is 5.34. The summed E-state index contributed by atoms with van der Waals surface area (Å²) < 4.78 is 0. The van der Waals surface area contributed by atoms with Crippen LogP contribution in [0.25, 0.3) is 0 Å². The zero-order chi connectivity index (χ0) is 7.40. The van der Waals surface area contributed by atoms with E-state index < -0.39 is 0 Å². The second kappa shape index (κ2) is 3.15. The molecule has 10 heavy (non-hydrogen) atoms. The van der Waals surface area contributed by atoms with Crippen molar-refractivity contribution in [3.05, 3.63) is 11.9 Å². The van der Waals surface area contributed by atoms with Gasteiger partial charge in [-0.25, -0.2) is 0 Å². The Morgan fingerprint density at radius 2 is 2.60 bits per heavy atom. The van der Waals surface area contributed by atoms with Crippen LogP contribution in [-0.2, 0) is 4.79 Å². The fraction of sp³-hybridized carbons (Fsp3) is 0.429. The van der Waals surface area contributed by atoms with Crippen molar-refractivity contribution < 1.29 is 4.79 Å². The maximum Gasteiger partial charge on any atom is 0.221 e. The summed E-state index contributed by atoms with van der Waals surface area (Å²) in [6.45, 7) is 1.50. The molecule has 0 saturated heterocycles. The molecule has 1 N–H and O–H groups in total. The van der Waals surface area contributed by atoms with Crippen LogP contribution in [0, 0.1) is 0 Å². The maximum absolute atomic E-state index is 10.5. The zero-order valence-corrected chi connectivity index (χ0v) is 5.92. The van der Waals surface area contributed by atoms with Gasteiger partial charge in [0, 0.05) is 25.0 Å². The first kappa shape index (κ1) is 6.99. The van der Waals surface area contributed by atoms with Crippen LogP contribution in [0.1, 0.15) is 19.8 Å². The molecule has 3 heteroatoms. The second-order valence-corrected chi connectivity index (χ2v) is 2.21. The minimum Gasteiger partial charge on any atom is -0.328 e. The van der Waals surface area contributed by atoms with Crippen molar-refractivity contribution in [1.29, 1.82) is 0 Å². The molecule has 0 fully saturated rings. The van der Waals surface area contributed by atoms with Gasteiger partial charge in [0.15, 0.2) is 0 Å². The number of nitrogens with one attached hydrogen (secondary N) is 1. The van der Waals surface area contributed by atoms with Crippen molar-refractivity contribution >= 4 is 12.1 Å². The highest BCUT2D eigenvalue weighted by Gasteiger charge is 2.00. The molecule has 1 aliphatic rings. The molecule has 0 aliphatic carbocycles. The van der Waals surface area contributed by atoms with Gasteiger partial charge in [-0.1, -0.05) is 0 Å². The molecule has 0 aromatic heterocycles. The summed E-state index contributed by atoms with van der Waals surface area (Å²) in [6, 6.07) is 0. The van der Waals surface area contributed by atoms with Gasteiger partial charge in [-0.2, -0.15) is 0 Å². The van der Waals surface area contributed by atoms with Gasteiger partial charge in [0.1, 0.15) is 0 Å². The van der Waals surface area contributed by atoms with Crippen LogP contribution in [0.3, 0.4) is 0 Å². The molecule has 0 aromatic carbocycles. The number of allylic oxidation sites excluding steroid dienone is 1. The first-order valence-corrected chi connectivity index (χ1v) is 3.27. The van der Waals surface area contributed by atoms with Gasteiger partial charge in [0.05, 0.1) is 0 Å². The summed E-state index contributed by atoms with van der Waals surface area (Å²) in [5, 5.41) is 2.69. The Morgan fingerprint density at radius 3 is 3.10 bits per heavy atom. The van der Waals surface area contributed by atoms with E-state index in [1.165, 1.54) is 6.92 Å². The van der Waals surface area contributed by atoms with E-state index in [2.05, 4.69) is 10.3 Å². The number of hydrogen-bond acceptors (Lipinski definition) is 2. The largest absolute Gasteiger partial charge is 0.328 e. The van der Waals surface area contributed by atoms with Crippen LogP contribution in [0.2, 0.25) is 0 Å². The highest BCUT2D eigenvalue weighted by atomic mass is 16.1. The van der Waals surface area contributed by atoms with Crippen molar-refractivity contribution in [3.63, 3.8) is 0 Å². The second-order valence-electron chi connectivity index (χ2n) is 2.21. The monoisotopic (exact) mass is 138 g/mol. The molecule has 0 radical (unpaired) electrons. The molecule has 0 saturated carbocycles. The van der Waals surface area contributed by atoms with Gasteiger partial charge >= 0.3 is 0 Å². The Kier molecular flexibility index (Phi) is 2.20. The van der Waals surface area contributed by atoms with Crippen LogP contribution in [0.4, 0.5) is 0 Å². The fourth-order valence-electron chi connectivity index (χ4n) is 0.823. The summed E-state index contributed by atoms with van der Waals surface area (Å²) in [5.74, 6) is -0.0247. The molecule has 1 heterocycles. The minimum atomic E-state index is -0.0247.